The van der Waals surface area contributed by atoms with E-state index in [4.69, 9.17) is 27.9 Å². The summed E-state index contributed by atoms with van der Waals surface area (Å²) in [4.78, 5) is 12.3. The van der Waals surface area contributed by atoms with E-state index in [-0.39, 0.29) is 5.91 Å². The number of carbonyl (C=O) groups excluding carboxylic acids is 1. The number of nitrogens with one attached hydrogen (secondary N) is 1. The molecule has 0 aliphatic carbocycles. The fourth-order valence-electron chi connectivity index (χ4n) is 3.19. The van der Waals surface area contributed by atoms with Gasteiger partial charge in [-0.05, 0) is 60.4 Å². The van der Waals surface area contributed by atoms with Crippen LogP contribution in [0.1, 0.15) is 35.4 Å². The third kappa shape index (κ3) is 6.24. The minimum absolute atomic E-state index is 0.113. The number of carbonyl (C=O) groups is 1. The van der Waals surface area contributed by atoms with Crippen molar-refractivity contribution in [3.63, 3.8) is 0 Å². The molecule has 0 saturated carbocycles. The molecule has 3 aromatic rings. The number of ether oxygens (including phenoxy) is 1. The summed E-state index contributed by atoms with van der Waals surface area (Å²) in [6, 6.07) is 22.5. The number of nitrogens with zero attached hydrogens (tertiary/aromatic N) is 1. The molecule has 0 heterocycles. The summed E-state index contributed by atoms with van der Waals surface area (Å²) in [5, 5.41) is 13.6. The van der Waals surface area contributed by atoms with Crippen LogP contribution in [-0.2, 0) is 4.79 Å². The molecule has 3 aromatic carbocycles. The Bertz CT molecular complexity index is 1080. The van der Waals surface area contributed by atoms with Crippen molar-refractivity contribution in [2.45, 2.75) is 25.7 Å². The van der Waals surface area contributed by atoms with Crippen LogP contribution in [0, 0.1) is 18.3 Å². The molecule has 1 amide bonds. The van der Waals surface area contributed by atoms with Crippen LogP contribution in [0.2, 0.25) is 10.0 Å². The zero-order valence-electron chi connectivity index (χ0n) is 17.1. The molecule has 158 valence electrons. The largest absolute Gasteiger partial charge is 0.494 e. The van der Waals surface area contributed by atoms with E-state index in [0.717, 1.165) is 16.9 Å². The fourth-order valence-corrected chi connectivity index (χ4v) is 3.59. The molecule has 1 N–H and O–H groups in total. The van der Waals surface area contributed by atoms with E-state index in [2.05, 4.69) is 11.4 Å². The standard InChI is InChI=1S/C25H22Cl2N2O2/c1-17-14-21(22(16-28)18-9-11-19(26)12-10-18)23(27)15-24(17)29-25(30)8-5-13-31-20-6-3-2-4-7-20/h2-4,6-7,9-12,14-15,22H,5,8,13H2,1H3,(H,29,30)/t22-/m0/s1. The van der Waals surface area contributed by atoms with Gasteiger partial charge in [0.1, 0.15) is 5.75 Å². The van der Waals surface area contributed by atoms with Crippen molar-refractivity contribution in [1.29, 1.82) is 5.26 Å². The summed E-state index contributed by atoms with van der Waals surface area (Å²) in [6.07, 6.45) is 0.926. The van der Waals surface area contributed by atoms with Gasteiger partial charge >= 0.3 is 0 Å². The number of hydrogen-bond acceptors (Lipinski definition) is 3. The fraction of sp³-hybridized carbons (Fsp3) is 0.200. The number of aryl methyl sites for hydroxylation is 1. The Balaban J connectivity index is 1.62. The second-order valence-electron chi connectivity index (χ2n) is 7.12. The SMILES string of the molecule is Cc1cc([C@@H](C#N)c2ccc(Cl)cc2)c(Cl)cc1NC(=O)CCCOc1ccccc1. The Labute approximate surface area is 192 Å². The number of anilines is 1. The maximum Gasteiger partial charge on any atom is 0.224 e. The first-order chi connectivity index (χ1) is 15.0. The zero-order valence-corrected chi connectivity index (χ0v) is 18.6. The number of nitriles is 1. The van der Waals surface area contributed by atoms with E-state index in [1.54, 1.807) is 18.2 Å². The predicted octanol–water partition coefficient (Wildman–Crippen LogP) is 6.76. The summed E-state index contributed by atoms with van der Waals surface area (Å²) in [6.45, 7) is 2.34. The molecule has 0 aliphatic rings. The summed E-state index contributed by atoms with van der Waals surface area (Å²) < 4.78 is 5.61. The zero-order chi connectivity index (χ0) is 22.2. The van der Waals surface area contributed by atoms with Gasteiger partial charge in [-0.3, -0.25) is 4.79 Å². The van der Waals surface area contributed by atoms with Gasteiger partial charge in [-0.15, -0.1) is 0 Å². The Morgan fingerprint density at radius 3 is 2.48 bits per heavy atom. The van der Waals surface area contributed by atoms with Gasteiger partial charge in [0.25, 0.3) is 0 Å². The minimum atomic E-state index is -0.525. The van der Waals surface area contributed by atoms with Crippen molar-refractivity contribution in [2.75, 3.05) is 11.9 Å². The van der Waals surface area contributed by atoms with Gasteiger partial charge in [0, 0.05) is 22.2 Å². The lowest BCUT2D eigenvalue weighted by Gasteiger charge is -2.16. The number of hydrogen-bond donors (Lipinski definition) is 1. The number of benzene rings is 3. The second kappa shape index (κ2) is 10.9. The van der Waals surface area contributed by atoms with E-state index in [1.807, 2.05) is 55.5 Å². The second-order valence-corrected chi connectivity index (χ2v) is 7.96. The van der Waals surface area contributed by atoms with Crippen molar-refractivity contribution in [1.82, 2.24) is 0 Å². The average molecular weight is 453 g/mol. The van der Waals surface area contributed by atoms with Crippen molar-refractivity contribution in [3.05, 3.63) is 93.5 Å². The lowest BCUT2D eigenvalue weighted by atomic mass is 9.91. The molecule has 3 rings (SSSR count). The lowest BCUT2D eigenvalue weighted by Crippen LogP contribution is -2.14. The Hall–Kier alpha value is -3.00. The van der Waals surface area contributed by atoms with Gasteiger partial charge in [-0.1, -0.05) is 59.6 Å². The van der Waals surface area contributed by atoms with Crippen LogP contribution >= 0.6 is 23.2 Å². The molecule has 31 heavy (non-hydrogen) atoms. The minimum Gasteiger partial charge on any atom is -0.494 e. The highest BCUT2D eigenvalue weighted by Crippen LogP contribution is 2.34. The molecule has 0 unspecified atom stereocenters. The molecule has 0 fully saturated rings. The first kappa shape index (κ1) is 22.7. The molecule has 0 aliphatic heterocycles. The van der Waals surface area contributed by atoms with E-state index >= 15 is 0 Å². The Morgan fingerprint density at radius 1 is 1.10 bits per heavy atom. The van der Waals surface area contributed by atoms with Gasteiger partial charge in [0.15, 0.2) is 0 Å². The summed E-state index contributed by atoms with van der Waals surface area (Å²) in [5.41, 5.74) is 2.97. The molecule has 6 heteroatoms. The highest BCUT2D eigenvalue weighted by atomic mass is 35.5. The van der Waals surface area contributed by atoms with Crippen molar-refractivity contribution >= 4 is 34.8 Å². The lowest BCUT2D eigenvalue weighted by molar-refractivity contribution is -0.116. The van der Waals surface area contributed by atoms with Crippen LogP contribution < -0.4 is 10.1 Å². The van der Waals surface area contributed by atoms with Gasteiger partial charge in [-0.25, -0.2) is 0 Å². The maximum absolute atomic E-state index is 12.3. The molecular formula is C25H22Cl2N2O2. The van der Waals surface area contributed by atoms with Gasteiger partial charge in [-0.2, -0.15) is 5.26 Å². The number of amides is 1. The van der Waals surface area contributed by atoms with E-state index in [1.165, 1.54) is 0 Å². The average Bonchev–Trinajstić information content (AvgIpc) is 2.77. The van der Waals surface area contributed by atoms with E-state index in [9.17, 15) is 10.1 Å². The van der Waals surface area contributed by atoms with E-state index < -0.39 is 5.92 Å². The Kier molecular flexibility index (Phi) is 7.94. The van der Waals surface area contributed by atoms with Gasteiger partial charge < -0.3 is 10.1 Å². The molecule has 0 saturated heterocycles. The molecular weight excluding hydrogens is 431 g/mol. The molecule has 0 spiro atoms. The smallest absolute Gasteiger partial charge is 0.224 e. The highest BCUT2D eigenvalue weighted by Gasteiger charge is 2.19. The van der Waals surface area contributed by atoms with Crippen molar-refractivity contribution in [3.8, 4) is 11.8 Å². The van der Waals surface area contributed by atoms with Crippen LogP contribution in [0.4, 0.5) is 5.69 Å². The third-order valence-corrected chi connectivity index (χ3v) is 5.40. The first-order valence-electron chi connectivity index (χ1n) is 9.90. The highest BCUT2D eigenvalue weighted by molar-refractivity contribution is 6.32. The van der Waals surface area contributed by atoms with Gasteiger partial charge in [0.05, 0.1) is 18.6 Å². The van der Waals surface area contributed by atoms with Crippen LogP contribution in [0.15, 0.2) is 66.7 Å². The quantitative estimate of drug-likeness (QED) is 0.384. The molecule has 0 aromatic heterocycles. The summed E-state index contributed by atoms with van der Waals surface area (Å²) >= 11 is 12.4. The van der Waals surface area contributed by atoms with Crippen LogP contribution in [-0.4, -0.2) is 12.5 Å². The predicted molar refractivity (Wildman–Crippen MR) is 125 cm³/mol. The normalized spacial score (nSPS) is 11.4. The molecule has 4 nitrogen and oxygen atoms in total. The topological polar surface area (TPSA) is 62.1 Å². The van der Waals surface area contributed by atoms with Crippen LogP contribution in [0.5, 0.6) is 5.75 Å². The number of para-hydroxylation sites is 1. The molecule has 0 radical (unpaired) electrons. The maximum atomic E-state index is 12.3. The number of rotatable bonds is 8. The Morgan fingerprint density at radius 2 is 1.81 bits per heavy atom. The molecule has 1 atom stereocenters. The van der Waals surface area contributed by atoms with E-state index in [0.29, 0.717) is 40.7 Å². The number of halogens is 2. The van der Waals surface area contributed by atoms with Crippen molar-refractivity contribution < 1.29 is 9.53 Å². The summed E-state index contributed by atoms with van der Waals surface area (Å²) in [7, 11) is 0. The van der Waals surface area contributed by atoms with Gasteiger partial charge in [0.2, 0.25) is 5.91 Å². The van der Waals surface area contributed by atoms with Crippen molar-refractivity contribution in [2.24, 2.45) is 0 Å². The molecule has 0 bridgehead atoms. The van der Waals surface area contributed by atoms with Crippen LogP contribution in [0.3, 0.4) is 0 Å². The summed E-state index contributed by atoms with van der Waals surface area (Å²) in [5.74, 6) is 0.148. The first-order valence-corrected chi connectivity index (χ1v) is 10.7. The monoisotopic (exact) mass is 452 g/mol. The third-order valence-electron chi connectivity index (χ3n) is 4.82. The van der Waals surface area contributed by atoms with Crippen LogP contribution in [0.25, 0.3) is 0 Å².